The van der Waals surface area contributed by atoms with E-state index in [0.717, 1.165) is 22.5 Å². The summed E-state index contributed by atoms with van der Waals surface area (Å²) in [7, 11) is 0. The largest absolute Gasteiger partial charge is 0.358 e. The number of para-hydroxylation sites is 1. The zero-order valence-corrected chi connectivity index (χ0v) is 14.4. The molecule has 1 N–H and O–H groups in total. The highest BCUT2D eigenvalue weighted by Gasteiger charge is 2.31. The van der Waals surface area contributed by atoms with Crippen LogP contribution in [-0.2, 0) is 5.75 Å². The van der Waals surface area contributed by atoms with Crippen LogP contribution in [0.1, 0.15) is 10.4 Å². The number of thioether (sulfide) groups is 1. The van der Waals surface area contributed by atoms with E-state index in [4.69, 9.17) is 12.2 Å². The van der Waals surface area contributed by atoms with Gasteiger partial charge in [0.2, 0.25) is 4.77 Å². The van der Waals surface area contributed by atoms with Crippen molar-refractivity contribution in [3.63, 3.8) is 0 Å². The quantitative estimate of drug-likeness (QED) is 0.715. The molecule has 0 bridgehead atoms. The summed E-state index contributed by atoms with van der Waals surface area (Å²) >= 11 is 7.05. The lowest BCUT2D eigenvalue weighted by molar-refractivity contribution is 0.0913. The summed E-state index contributed by atoms with van der Waals surface area (Å²) in [4.78, 5) is 17.1. The lowest BCUT2D eigenvalue weighted by Crippen LogP contribution is -2.27. The number of hydrogen-bond donors (Lipinski definition) is 1. The fraction of sp³-hybridized carbons (Fsp3) is 0.167. The molecule has 2 aromatic carbocycles. The molecule has 24 heavy (non-hydrogen) atoms. The Labute approximate surface area is 148 Å². The van der Waals surface area contributed by atoms with Crippen molar-refractivity contribution in [2.24, 2.45) is 0 Å². The van der Waals surface area contributed by atoms with E-state index in [1.807, 2.05) is 42.5 Å². The van der Waals surface area contributed by atoms with Crippen molar-refractivity contribution in [3.8, 4) is 0 Å². The number of fused-ring (bicyclic) bond motifs is 3. The van der Waals surface area contributed by atoms with Crippen LogP contribution in [0, 0.1) is 4.77 Å². The van der Waals surface area contributed by atoms with Crippen LogP contribution in [0.4, 0.5) is 5.82 Å². The van der Waals surface area contributed by atoms with Crippen molar-refractivity contribution in [1.29, 1.82) is 0 Å². The van der Waals surface area contributed by atoms with Gasteiger partial charge >= 0.3 is 0 Å². The number of nitrogens with one attached hydrogen (secondary N) is 1. The second kappa shape index (κ2) is 6.37. The minimum absolute atomic E-state index is 0.0196. The molecule has 120 valence electrons. The minimum Gasteiger partial charge on any atom is -0.358 e. The lowest BCUT2D eigenvalue weighted by Gasteiger charge is -2.08. The zero-order chi connectivity index (χ0) is 16.5. The van der Waals surface area contributed by atoms with Crippen LogP contribution in [0.2, 0.25) is 0 Å². The van der Waals surface area contributed by atoms with Gasteiger partial charge < -0.3 is 5.32 Å². The second-order valence-electron chi connectivity index (χ2n) is 5.63. The van der Waals surface area contributed by atoms with E-state index in [1.165, 1.54) is 10.1 Å². The van der Waals surface area contributed by atoms with Gasteiger partial charge in [0, 0.05) is 16.9 Å². The van der Waals surface area contributed by atoms with Gasteiger partial charge in [0.1, 0.15) is 11.9 Å². The fourth-order valence-electron chi connectivity index (χ4n) is 2.85. The molecule has 0 radical (unpaired) electrons. The molecule has 0 fully saturated rings. The Hall–Kier alpha value is -2.18. The first kappa shape index (κ1) is 15.4. The first-order chi connectivity index (χ1) is 11.7. The van der Waals surface area contributed by atoms with E-state index < -0.39 is 0 Å². The molecule has 0 spiro atoms. The van der Waals surface area contributed by atoms with Gasteiger partial charge in [-0.1, -0.05) is 42.5 Å². The Bertz CT molecular complexity index is 969. The molecule has 3 aromatic rings. The third kappa shape index (κ3) is 2.72. The number of rotatable bonds is 4. The summed E-state index contributed by atoms with van der Waals surface area (Å²) in [5.74, 6) is 2.32. The third-order valence-electron chi connectivity index (χ3n) is 4.02. The third-order valence-corrected chi connectivity index (χ3v) is 5.40. The SMILES string of the molecule is O=C1C(CSCc2ccccc2)Nc2c3ccccc3nc(=S)n21. The van der Waals surface area contributed by atoms with Crippen molar-refractivity contribution in [3.05, 3.63) is 64.9 Å². The van der Waals surface area contributed by atoms with E-state index in [1.54, 1.807) is 11.8 Å². The average Bonchev–Trinajstić information content (AvgIpc) is 2.94. The molecular formula is C18H15N3OS2. The maximum Gasteiger partial charge on any atom is 0.257 e. The second-order valence-corrected chi connectivity index (χ2v) is 7.03. The summed E-state index contributed by atoms with van der Waals surface area (Å²) in [6.45, 7) is 0. The van der Waals surface area contributed by atoms with Crippen LogP contribution in [-0.4, -0.2) is 27.3 Å². The van der Waals surface area contributed by atoms with Gasteiger partial charge in [-0.15, -0.1) is 0 Å². The maximum absolute atomic E-state index is 12.7. The monoisotopic (exact) mass is 353 g/mol. The van der Waals surface area contributed by atoms with Crippen LogP contribution >= 0.6 is 24.0 Å². The molecule has 1 aliphatic rings. The van der Waals surface area contributed by atoms with E-state index in [9.17, 15) is 4.79 Å². The summed E-state index contributed by atoms with van der Waals surface area (Å²) in [6, 6.07) is 17.7. The van der Waals surface area contributed by atoms with Gasteiger partial charge in [0.25, 0.3) is 5.91 Å². The maximum atomic E-state index is 12.7. The fourth-order valence-corrected chi connectivity index (χ4v) is 4.14. The summed E-state index contributed by atoms with van der Waals surface area (Å²) < 4.78 is 1.85. The molecule has 0 aliphatic carbocycles. The van der Waals surface area contributed by atoms with Crippen molar-refractivity contribution in [2.45, 2.75) is 11.8 Å². The minimum atomic E-state index is -0.270. The Kier molecular flexibility index (Phi) is 4.08. The molecule has 1 aromatic heterocycles. The van der Waals surface area contributed by atoms with Gasteiger partial charge in [-0.2, -0.15) is 11.8 Å². The first-order valence-corrected chi connectivity index (χ1v) is 9.24. The normalized spacial score (nSPS) is 16.2. The highest BCUT2D eigenvalue weighted by Crippen LogP contribution is 2.29. The topological polar surface area (TPSA) is 46.9 Å². The number of hydrogen-bond acceptors (Lipinski definition) is 5. The number of nitrogens with zero attached hydrogens (tertiary/aromatic N) is 2. The van der Waals surface area contributed by atoms with Gasteiger partial charge in [0.05, 0.1) is 5.52 Å². The number of carbonyl (C=O) groups is 1. The van der Waals surface area contributed by atoms with Crippen LogP contribution in [0.5, 0.6) is 0 Å². The highest BCUT2D eigenvalue weighted by atomic mass is 32.2. The number of carbonyl (C=O) groups excluding carboxylic acids is 1. The van der Waals surface area contributed by atoms with Crippen LogP contribution in [0.15, 0.2) is 54.6 Å². The van der Waals surface area contributed by atoms with Crippen molar-refractivity contribution < 1.29 is 4.79 Å². The van der Waals surface area contributed by atoms with Gasteiger partial charge in [0.15, 0.2) is 0 Å². The summed E-state index contributed by atoms with van der Waals surface area (Å²) in [5, 5.41) is 4.27. The summed E-state index contributed by atoms with van der Waals surface area (Å²) in [5.41, 5.74) is 2.07. The predicted octanol–water partition coefficient (Wildman–Crippen LogP) is 4.13. The Balaban J connectivity index is 1.55. The standard InChI is InChI=1S/C18H15N3OS2/c22-17-15(11-24-10-12-6-2-1-3-7-12)19-16-13-8-4-5-9-14(13)20-18(23)21(16)17/h1-9,15,19H,10-11H2. The molecule has 2 heterocycles. The van der Waals surface area contributed by atoms with E-state index in [-0.39, 0.29) is 11.9 Å². The zero-order valence-electron chi connectivity index (χ0n) is 12.8. The van der Waals surface area contributed by atoms with Gasteiger partial charge in [-0.25, -0.2) is 9.55 Å². The van der Waals surface area contributed by atoms with Crippen molar-refractivity contribution in [1.82, 2.24) is 9.55 Å². The van der Waals surface area contributed by atoms with Crippen molar-refractivity contribution in [2.75, 3.05) is 11.1 Å². The van der Waals surface area contributed by atoms with E-state index >= 15 is 0 Å². The Morgan fingerprint density at radius 3 is 2.71 bits per heavy atom. The van der Waals surface area contributed by atoms with E-state index in [0.29, 0.717) is 10.5 Å². The van der Waals surface area contributed by atoms with Crippen LogP contribution < -0.4 is 5.32 Å². The number of aromatic nitrogens is 2. The Morgan fingerprint density at radius 2 is 1.88 bits per heavy atom. The molecule has 1 atom stereocenters. The smallest absolute Gasteiger partial charge is 0.257 e. The molecular weight excluding hydrogens is 338 g/mol. The van der Waals surface area contributed by atoms with E-state index in [2.05, 4.69) is 22.4 Å². The number of benzene rings is 2. The molecule has 0 amide bonds. The first-order valence-electron chi connectivity index (χ1n) is 7.68. The molecule has 0 saturated heterocycles. The highest BCUT2D eigenvalue weighted by molar-refractivity contribution is 7.98. The molecule has 4 nitrogen and oxygen atoms in total. The van der Waals surface area contributed by atoms with Crippen LogP contribution in [0.25, 0.3) is 10.9 Å². The van der Waals surface area contributed by atoms with Gasteiger partial charge in [-0.3, -0.25) is 4.79 Å². The lowest BCUT2D eigenvalue weighted by atomic mass is 10.2. The molecule has 4 rings (SSSR count). The molecule has 6 heteroatoms. The molecule has 1 unspecified atom stereocenters. The van der Waals surface area contributed by atoms with Crippen LogP contribution in [0.3, 0.4) is 0 Å². The number of anilines is 1. The average molecular weight is 353 g/mol. The summed E-state index contributed by atoms with van der Waals surface area (Å²) in [6.07, 6.45) is 0. The Morgan fingerprint density at radius 1 is 1.12 bits per heavy atom. The van der Waals surface area contributed by atoms with Crippen molar-refractivity contribution >= 4 is 46.6 Å². The predicted molar refractivity (Wildman–Crippen MR) is 101 cm³/mol. The molecule has 1 aliphatic heterocycles. The molecule has 0 saturated carbocycles. The van der Waals surface area contributed by atoms with Gasteiger partial charge in [-0.05, 0) is 29.9 Å².